The zero-order valence-corrected chi connectivity index (χ0v) is 13.7. The van der Waals surface area contributed by atoms with E-state index in [0.717, 1.165) is 26.7 Å². The fourth-order valence-corrected chi connectivity index (χ4v) is 3.56. The summed E-state index contributed by atoms with van der Waals surface area (Å²) in [5, 5.41) is 3.53. The van der Waals surface area contributed by atoms with Crippen molar-refractivity contribution in [2.75, 3.05) is 0 Å². The molecule has 3 heteroatoms. The molecule has 1 N–H and O–H groups in total. The van der Waals surface area contributed by atoms with Crippen molar-refractivity contribution in [2.24, 2.45) is 0 Å². The topological polar surface area (TPSA) is 28.9 Å². The fraction of sp³-hybridized carbons (Fsp3) is 0. The minimum absolute atomic E-state index is 0.839. The summed E-state index contributed by atoms with van der Waals surface area (Å²) >= 11 is 3.50. The summed E-state index contributed by atoms with van der Waals surface area (Å²) in [6, 6.07) is 23.0. The molecule has 0 amide bonds. The monoisotopic (exact) mass is 361 g/mol. The highest BCUT2D eigenvalue weighted by Crippen LogP contribution is 2.40. The summed E-state index contributed by atoms with van der Waals surface area (Å²) in [5.41, 5.74) is 5.24. The van der Waals surface area contributed by atoms with Crippen LogP contribution in [0, 0.1) is 0 Å². The van der Waals surface area contributed by atoms with Gasteiger partial charge in [-0.3, -0.25) is 0 Å². The van der Waals surface area contributed by atoms with Gasteiger partial charge in [-0.05, 0) is 35.4 Å². The summed E-state index contributed by atoms with van der Waals surface area (Å²) in [6.07, 6.45) is 0. The van der Waals surface area contributed by atoms with Crippen molar-refractivity contribution in [3.63, 3.8) is 0 Å². The number of furan rings is 1. The van der Waals surface area contributed by atoms with Gasteiger partial charge in [-0.15, -0.1) is 0 Å². The van der Waals surface area contributed by atoms with Gasteiger partial charge in [0, 0.05) is 20.8 Å². The summed E-state index contributed by atoms with van der Waals surface area (Å²) in [5.74, 6) is 0. The van der Waals surface area contributed by atoms with Crippen LogP contribution in [-0.2, 0) is 0 Å². The zero-order chi connectivity index (χ0) is 15.4. The first kappa shape index (κ1) is 13.0. The zero-order valence-electron chi connectivity index (χ0n) is 12.1. The second kappa shape index (κ2) is 4.74. The molecule has 0 aliphatic carbocycles. The number of aromatic amines is 1. The van der Waals surface area contributed by atoms with Crippen molar-refractivity contribution in [1.82, 2.24) is 4.98 Å². The van der Waals surface area contributed by atoms with Crippen molar-refractivity contribution in [1.29, 1.82) is 0 Å². The second-order valence-corrected chi connectivity index (χ2v) is 6.58. The van der Waals surface area contributed by atoms with Crippen LogP contribution in [0.5, 0.6) is 0 Å². The van der Waals surface area contributed by atoms with E-state index in [2.05, 4.69) is 69.4 Å². The molecule has 0 aliphatic rings. The Labute approximate surface area is 140 Å². The summed E-state index contributed by atoms with van der Waals surface area (Å²) in [4.78, 5) is 3.38. The van der Waals surface area contributed by atoms with Crippen LogP contribution in [0.25, 0.3) is 44.1 Å². The average Bonchev–Trinajstić information content (AvgIpc) is 3.10. The van der Waals surface area contributed by atoms with Crippen LogP contribution < -0.4 is 0 Å². The molecule has 0 saturated heterocycles. The maximum absolute atomic E-state index is 6.06. The molecule has 3 aromatic carbocycles. The van der Waals surface area contributed by atoms with Gasteiger partial charge in [0.2, 0.25) is 5.71 Å². The molecule has 110 valence electrons. The van der Waals surface area contributed by atoms with E-state index in [0.29, 0.717) is 0 Å². The molecule has 0 radical (unpaired) electrons. The number of H-pyrrole nitrogens is 1. The Kier molecular flexibility index (Phi) is 2.67. The Balaban J connectivity index is 1.95. The molecule has 5 rings (SSSR count). The average molecular weight is 362 g/mol. The van der Waals surface area contributed by atoms with Gasteiger partial charge in [0.25, 0.3) is 0 Å². The van der Waals surface area contributed by atoms with Gasteiger partial charge < -0.3 is 9.40 Å². The first-order chi connectivity index (χ1) is 11.3. The van der Waals surface area contributed by atoms with Crippen LogP contribution in [0.1, 0.15) is 0 Å². The number of para-hydroxylation sites is 1. The van der Waals surface area contributed by atoms with Gasteiger partial charge in [-0.25, -0.2) is 0 Å². The highest BCUT2D eigenvalue weighted by molar-refractivity contribution is 9.10. The molecule has 0 fully saturated rings. The van der Waals surface area contributed by atoms with Crippen LogP contribution in [0.4, 0.5) is 0 Å². The first-order valence-electron chi connectivity index (χ1n) is 7.49. The van der Waals surface area contributed by atoms with E-state index in [1.807, 2.05) is 18.2 Å². The predicted molar refractivity (Wildman–Crippen MR) is 98.7 cm³/mol. The highest BCUT2D eigenvalue weighted by Gasteiger charge is 2.16. The first-order valence-corrected chi connectivity index (χ1v) is 8.28. The summed E-state index contributed by atoms with van der Waals surface area (Å²) < 4.78 is 7.14. The minimum Gasteiger partial charge on any atom is -0.440 e. The third-order valence-electron chi connectivity index (χ3n) is 4.32. The van der Waals surface area contributed by atoms with Gasteiger partial charge in [0.1, 0.15) is 5.58 Å². The maximum atomic E-state index is 6.06. The van der Waals surface area contributed by atoms with Gasteiger partial charge >= 0.3 is 0 Å². The summed E-state index contributed by atoms with van der Waals surface area (Å²) in [7, 11) is 0. The Morgan fingerprint density at radius 1 is 0.783 bits per heavy atom. The predicted octanol–water partition coefficient (Wildman–Crippen LogP) is 6.50. The van der Waals surface area contributed by atoms with E-state index in [9.17, 15) is 0 Å². The van der Waals surface area contributed by atoms with Crippen molar-refractivity contribution in [3.05, 3.63) is 71.2 Å². The fourth-order valence-electron chi connectivity index (χ4n) is 3.30. The Morgan fingerprint density at radius 2 is 1.61 bits per heavy atom. The summed E-state index contributed by atoms with van der Waals surface area (Å²) in [6.45, 7) is 0. The van der Waals surface area contributed by atoms with E-state index in [1.165, 1.54) is 21.9 Å². The van der Waals surface area contributed by atoms with E-state index >= 15 is 0 Å². The van der Waals surface area contributed by atoms with Crippen LogP contribution in [0.2, 0.25) is 0 Å². The standard InChI is InChI=1S/C20H12BrNO/c21-13-10-8-12(9-11-13)14-5-3-7-17-18(14)19-15-4-1-2-6-16(15)22-20(19)23-17/h1-11,22H. The van der Waals surface area contributed by atoms with E-state index in [-0.39, 0.29) is 0 Å². The molecular weight excluding hydrogens is 350 g/mol. The molecule has 2 nitrogen and oxygen atoms in total. The number of hydrogen-bond acceptors (Lipinski definition) is 1. The largest absolute Gasteiger partial charge is 0.440 e. The van der Waals surface area contributed by atoms with Crippen LogP contribution in [0.15, 0.2) is 75.6 Å². The Hall–Kier alpha value is -2.52. The lowest BCUT2D eigenvalue weighted by Crippen LogP contribution is -1.79. The molecule has 2 heterocycles. The normalized spacial score (nSPS) is 11.7. The third-order valence-corrected chi connectivity index (χ3v) is 4.84. The third kappa shape index (κ3) is 1.87. The highest BCUT2D eigenvalue weighted by atomic mass is 79.9. The molecule has 0 atom stereocenters. The van der Waals surface area contributed by atoms with Crippen molar-refractivity contribution in [3.8, 4) is 11.1 Å². The number of halogens is 1. The Morgan fingerprint density at radius 3 is 2.48 bits per heavy atom. The lowest BCUT2D eigenvalue weighted by molar-refractivity contribution is 0.657. The van der Waals surface area contributed by atoms with Gasteiger partial charge in [0.05, 0.1) is 5.39 Å². The quantitative estimate of drug-likeness (QED) is 0.362. The molecule has 0 aliphatic heterocycles. The van der Waals surface area contributed by atoms with E-state index in [4.69, 9.17) is 4.42 Å². The molecular formula is C20H12BrNO. The van der Waals surface area contributed by atoms with Crippen molar-refractivity contribution < 1.29 is 4.42 Å². The SMILES string of the molecule is Brc1ccc(-c2cccc3oc4[nH]c5ccccc5c4c23)cc1. The molecule has 0 unspecified atom stereocenters. The Bertz CT molecular complexity index is 1170. The van der Waals surface area contributed by atoms with Crippen LogP contribution in [-0.4, -0.2) is 4.98 Å². The number of aromatic nitrogens is 1. The van der Waals surface area contributed by atoms with Crippen LogP contribution in [0.3, 0.4) is 0 Å². The number of benzene rings is 3. The number of nitrogens with one attached hydrogen (secondary N) is 1. The number of rotatable bonds is 1. The van der Waals surface area contributed by atoms with Gasteiger partial charge in [-0.1, -0.05) is 58.4 Å². The molecule has 23 heavy (non-hydrogen) atoms. The number of fused-ring (bicyclic) bond motifs is 5. The van der Waals surface area contributed by atoms with Gasteiger partial charge in [-0.2, -0.15) is 0 Å². The smallest absolute Gasteiger partial charge is 0.206 e. The molecule has 0 bridgehead atoms. The van der Waals surface area contributed by atoms with E-state index < -0.39 is 0 Å². The maximum Gasteiger partial charge on any atom is 0.206 e. The van der Waals surface area contributed by atoms with Crippen molar-refractivity contribution in [2.45, 2.75) is 0 Å². The van der Waals surface area contributed by atoms with Crippen LogP contribution >= 0.6 is 15.9 Å². The molecule has 0 spiro atoms. The second-order valence-electron chi connectivity index (χ2n) is 5.66. The van der Waals surface area contributed by atoms with Gasteiger partial charge in [0.15, 0.2) is 0 Å². The minimum atomic E-state index is 0.839. The molecule has 0 saturated carbocycles. The lowest BCUT2D eigenvalue weighted by Gasteiger charge is -2.04. The molecule has 2 aromatic heterocycles. The number of hydrogen-bond donors (Lipinski definition) is 1. The lowest BCUT2D eigenvalue weighted by atomic mass is 9.99. The van der Waals surface area contributed by atoms with Crippen molar-refractivity contribution >= 4 is 48.9 Å². The van der Waals surface area contributed by atoms with E-state index in [1.54, 1.807) is 0 Å². The molecule has 5 aromatic rings.